The van der Waals surface area contributed by atoms with Crippen LogP contribution in [0.5, 0.6) is 0 Å². The summed E-state index contributed by atoms with van der Waals surface area (Å²) in [7, 11) is 0. The minimum atomic E-state index is -0.213. The van der Waals surface area contributed by atoms with Gasteiger partial charge in [0, 0.05) is 22.1 Å². The van der Waals surface area contributed by atoms with Gasteiger partial charge in [0.15, 0.2) is 0 Å². The minimum absolute atomic E-state index is 0.167. The van der Waals surface area contributed by atoms with E-state index in [0.717, 1.165) is 21.5 Å². The molecule has 2 nitrogen and oxygen atoms in total. The Morgan fingerprint density at radius 3 is 2.95 bits per heavy atom. The summed E-state index contributed by atoms with van der Waals surface area (Å²) in [6.45, 7) is 4.81. The third-order valence-corrected chi connectivity index (χ3v) is 4.99. The Labute approximate surface area is 125 Å². The third kappa shape index (κ3) is 3.84. The predicted octanol–water partition coefficient (Wildman–Crippen LogP) is 4.46. The van der Waals surface area contributed by atoms with Crippen LogP contribution in [0.4, 0.5) is 4.39 Å². The van der Waals surface area contributed by atoms with Crippen molar-refractivity contribution in [1.82, 2.24) is 10.3 Å². The quantitative estimate of drug-likeness (QED) is 0.867. The van der Waals surface area contributed by atoms with Crippen LogP contribution in [-0.4, -0.2) is 4.98 Å². The van der Waals surface area contributed by atoms with Gasteiger partial charge in [-0.3, -0.25) is 0 Å². The first kappa shape index (κ1) is 14.6. The van der Waals surface area contributed by atoms with Crippen molar-refractivity contribution in [3.63, 3.8) is 0 Å². The van der Waals surface area contributed by atoms with Gasteiger partial charge in [0.25, 0.3) is 0 Å². The monoisotopic (exact) mass is 342 g/mol. The fourth-order valence-electron chi connectivity index (χ4n) is 1.72. The van der Waals surface area contributed by atoms with Crippen LogP contribution in [0, 0.1) is 5.82 Å². The summed E-state index contributed by atoms with van der Waals surface area (Å²) in [4.78, 5) is 5.70. The van der Waals surface area contributed by atoms with E-state index in [1.54, 1.807) is 23.5 Å². The van der Waals surface area contributed by atoms with E-state index in [1.807, 2.05) is 6.20 Å². The van der Waals surface area contributed by atoms with E-state index in [9.17, 15) is 4.39 Å². The number of hydrogen-bond donors (Lipinski definition) is 1. The molecule has 0 saturated heterocycles. The van der Waals surface area contributed by atoms with E-state index in [0.29, 0.717) is 6.54 Å². The van der Waals surface area contributed by atoms with Gasteiger partial charge < -0.3 is 5.32 Å². The van der Waals surface area contributed by atoms with Crippen LogP contribution in [0.1, 0.15) is 35.3 Å². The number of thiazole rings is 1. The maximum absolute atomic E-state index is 13.2. The molecule has 1 aromatic carbocycles. The lowest BCUT2D eigenvalue weighted by Gasteiger charge is -2.12. The van der Waals surface area contributed by atoms with Gasteiger partial charge in [0.1, 0.15) is 10.8 Å². The molecule has 1 aromatic heterocycles. The molecular formula is C14H16BrFN2S. The number of aryl methyl sites for hydroxylation is 1. The van der Waals surface area contributed by atoms with Crippen molar-refractivity contribution in [2.75, 3.05) is 0 Å². The highest BCUT2D eigenvalue weighted by molar-refractivity contribution is 9.10. The number of nitrogens with zero attached hydrogens (tertiary/aromatic N) is 1. The standard InChI is InChI=1S/C14H16BrFN2S/c1-3-12-8-18-14(19-12)9(2)17-7-10-6-11(16)4-5-13(10)15/h4-6,8-9,17H,3,7H2,1-2H3. The number of rotatable bonds is 5. The maximum Gasteiger partial charge on any atom is 0.123 e. The van der Waals surface area contributed by atoms with Gasteiger partial charge in [-0.2, -0.15) is 0 Å². The summed E-state index contributed by atoms with van der Waals surface area (Å²) < 4.78 is 14.1. The van der Waals surface area contributed by atoms with Crippen LogP contribution in [0.25, 0.3) is 0 Å². The molecule has 1 heterocycles. The number of hydrogen-bond acceptors (Lipinski definition) is 3. The summed E-state index contributed by atoms with van der Waals surface area (Å²) >= 11 is 5.16. The summed E-state index contributed by atoms with van der Waals surface area (Å²) in [6.07, 6.45) is 2.94. The van der Waals surface area contributed by atoms with Gasteiger partial charge >= 0.3 is 0 Å². The molecule has 0 fully saturated rings. The Balaban J connectivity index is 1.99. The molecule has 0 saturated carbocycles. The molecule has 1 N–H and O–H groups in total. The van der Waals surface area contributed by atoms with Gasteiger partial charge in [-0.25, -0.2) is 9.37 Å². The molecule has 0 bridgehead atoms. The SMILES string of the molecule is CCc1cnc(C(C)NCc2cc(F)ccc2Br)s1. The fourth-order valence-corrected chi connectivity index (χ4v) is 2.99. The Kier molecular flexibility index (Phi) is 5.07. The van der Waals surface area contributed by atoms with Crippen molar-refractivity contribution >= 4 is 27.3 Å². The summed E-state index contributed by atoms with van der Waals surface area (Å²) in [6, 6.07) is 4.89. The van der Waals surface area contributed by atoms with E-state index in [4.69, 9.17) is 0 Å². The largest absolute Gasteiger partial charge is 0.304 e. The molecule has 0 radical (unpaired) electrons. The first-order valence-electron chi connectivity index (χ1n) is 6.22. The predicted molar refractivity (Wildman–Crippen MR) is 80.8 cm³/mol. The maximum atomic E-state index is 13.2. The highest BCUT2D eigenvalue weighted by Gasteiger charge is 2.10. The number of halogens is 2. The van der Waals surface area contributed by atoms with Gasteiger partial charge in [0.05, 0.1) is 6.04 Å². The lowest BCUT2D eigenvalue weighted by atomic mass is 10.2. The topological polar surface area (TPSA) is 24.9 Å². The van der Waals surface area contributed by atoms with Gasteiger partial charge in [-0.15, -0.1) is 11.3 Å². The Bertz CT molecular complexity index is 556. The zero-order valence-electron chi connectivity index (χ0n) is 10.9. The van der Waals surface area contributed by atoms with Crippen molar-refractivity contribution in [3.8, 4) is 0 Å². The van der Waals surface area contributed by atoms with Gasteiger partial charge in [-0.1, -0.05) is 22.9 Å². The first-order valence-corrected chi connectivity index (χ1v) is 7.83. The summed E-state index contributed by atoms with van der Waals surface area (Å²) in [5.74, 6) is -0.213. The van der Waals surface area contributed by atoms with Crippen molar-refractivity contribution in [3.05, 3.63) is 50.1 Å². The first-order chi connectivity index (χ1) is 9.10. The van der Waals surface area contributed by atoms with E-state index in [-0.39, 0.29) is 11.9 Å². The van der Waals surface area contributed by atoms with Crippen LogP contribution in [0.2, 0.25) is 0 Å². The third-order valence-electron chi connectivity index (χ3n) is 2.90. The van der Waals surface area contributed by atoms with E-state index in [1.165, 1.54) is 10.9 Å². The Morgan fingerprint density at radius 1 is 1.47 bits per heavy atom. The van der Waals surface area contributed by atoms with Crippen LogP contribution in [0.3, 0.4) is 0 Å². The van der Waals surface area contributed by atoms with Crippen molar-refractivity contribution in [1.29, 1.82) is 0 Å². The molecule has 5 heteroatoms. The molecule has 0 aliphatic rings. The number of nitrogens with one attached hydrogen (secondary N) is 1. The van der Waals surface area contributed by atoms with Crippen LogP contribution in [-0.2, 0) is 13.0 Å². The summed E-state index contributed by atoms with van der Waals surface area (Å²) in [5, 5.41) is 4.45. The zero-order chi connectivity index (χ0) is 13.8. The highest BCUT2D eigenvalue weighted by Crippen LogP contribution is 2.22. The second kappa shape index (κ2) is 6.59. The Morgan fingerprint density at radius 2 is 2.26 bits per heavy atom. The average molecular weight is 343 g/mol. The second-order valence-corrected chi connectivity index (χ2v) is 6.36. The molecule has 2 aromatic rings. The van der Waals surface area contributed by atoms with Crippen LogP contribution < -0.4 is 5.32 Å². The molecule has 0 aliphatic heterocycles. The molecule has 0 spiro atoms. The van der Waals surface area contributed by atoms with E-state index < -0.39 is 0 Å². The van der Waals surface area contributed by atoms with Crippen molar-refractivity contribution < 1.29 is 4.39 Å². The molecule has 1 unspecified atom stereocenters. The van der Waals surface area contributed by atoms with Gasteiger partial charge in [0.2, 0.25) is 0 Å². The molecule has 1 atom stereocenters. The molecule has 0 amide bonds. The molecular weight excluding hydrogens is 327 g/mol. The minimum Gasteiger partial charge on any atom is -0.304 e. The van der Waals surface area contributed by atoms with Gasteiger partial charge in [-0.05, 0) is 37.1 Å². The van der Waals surface area contributed by atoms with E-state index >= 15 is 0 Å². The lowest BCUT2D eigenvalue weighted by molar-refractivity contribution is 0.565. The van der Waals surface area contributed by atoms with Crippen LogP contribution >= 0.6 is 27.3 Å². The van der Waals surface area contributed by atoms with Crippen LogP contribution in [0.15, 0.2) is 28.9 Å². The number of aromatic nitrogens is 1. The Hall–Kier alpha value is -0.780. The van der Waals surface area contributed by atoms with Crippen molar-refractivity contribution in [2.45, 2.75) is 32.9 Å². The highest BCUT2D eigenvalue weighted by atomic mass is 79.9. The lowest BCUT2D eigenvalue weighted by Crippen LogP contribution is -2.18. The molecule has 2 rings (SSSR count). The molecule has 102 valence electrons. The number of benzene rings is 1. The smallest absolute Gasteiger partial charge is 0.123 e. The van der Waals surface area contributed by atoms with E-state index in [2.05, 4.69) is 40.1 Å². The molecule has 19 heavy (non-hydrogen) atoms. The fraction of sp³-hybridized carbons (Fsp3) is 0.357. The molecule has 0 aliphatic carbocycles. The summed E-state index contributed by atoms with van der Waals surface area (Å²) in [5.41, 5.74) is 0.916. The zero-order valence-corrected chi connectivity index (χ0v) is 13.3. The van der Waals surface area contributed by atoms with Crippen molar-refractivity contribution in [2.24, 2.45) is 0 Å². The normalized spacial score (nSPS) is 12.6. The average Bonchev–Trinajstić information content (AvgIpc) is 2.88. The second-order valence-electron chi connectivity index (χ2n) is 4.36.